The van der Waals surface area contributed by atoms with Gasteiger partial charge in [-0.05, 0) is 33.6 Å². The Kier molecular flexibility index (Phi) is 3.58. The van der Waals surface area contributed by atoms with Crippen LogP contribution in [-0.4, -0.2) is 17.4 Å². The van der Waals surface area contributed by atoms with Crippen LogP contribution >= 0.6 is 15.9 Å². The van der Waals surface area contributed by atoms with E-state index in [1.807, 2.05) is 6.07 Å². The zero-order valence-corrected chi connectivity index (χ0v) is 9.11. The number of rotatable bonds is 3. The summed E-state index contributed by atoms with van der Waals surface area (Å²) < 4.78 is 0.436. The maximum absolute atomic E-state index is 10.7. The van der Waals surface area contributed by atoms with Gasteiger partial charge in [0.25, 0.3) is 0 Å². The topological polar surface area (TPSA) is 78.2 Å². The number of benzene rings is 1. The molecule has 0 fully saturated rings. The van der Waals surface area contributed by atoms with E-state index in [0.29, 0.717) is 16.3 Å². The highest BCUT2D eigenvalue weighted by atomic mass is 79.9. The third kappa shape index (κ3) is 2.64. The second-order valence-electron chi connectivity index (χ2n) is 2.84. The van der Waals surface area contributed by atoms with Crippen molar-refractivity contribution in [2.75, 3.05) is 0 Å². The van der Waals surface area contributed by atoms with E-state index in [0.717, 1.165) is 0 Å². The molecule has 76 valence electrons. The number of halogens is 1. The Hall–Kier alpha value is -1.67. The summed E-state index contributed by atoms with van der Waals surface area (Å²) in [7, 11) is 0. The highest BCUT2D eigenvalue weighted by molar-refractivity contribution is 9.10. The highest BCUT2D eigenvalue weighted by Gasteiger charge is 2.10. The molecule has 1 rings (SSSR count). The number of hydrogen-bond donors (Lipinski definition) is 1. The molecule has 0 amide bonds. The molecule has 0 aromatic heterocycles. The third-order valence-corrected chi connectivity index (χ3v) is 2.40. The van der Waals surface area contributed by atoms with Gasteiger partial charge in [0.2, 0.25) is 0 Å². The summed E-state index contributed by atoms with van der Waals surface area (Å²) in [5, 5.41) is 17.3. The average Bonchev–Trinajstić information content (AvgIpc) is 2.15. The zero-order valence-electron chi connectivity index (χ0n) is 7.53. The summed E-state index contributed by atoms with van der Waals surface area (Å²) in [6.45, 7) is 0. The van der Waals surface area contributed by atoms with Crippen LogP contribution in [0.15, 0.2) is 16.6 Å². The number of nitriles is 1. The lowest BCUT2D eigenvalue weighted by molar-refractivity contribution is -0.136. The van der Waals surface area contributed by atoms with Crippen molar-refractivity contribution in [3.05, 3.63) is 33.3 Å². The first-order valence-corrected chi connectivity index (χ1v) is 4.77. The quantitative estimate of drug-likeness (QED) is 0.847. The summed E-state index contributed by atoms with van der Waals surface area (Å²) in [4.78, 5) is 21.1. The Morgan fingerprint density at radius 1 is 1.60 bits per heavy atom. The van der Waals surface area contributed by atoms with Crippen LogP contribution in [0.3, 0.4) is 0 Å². The molecule has 0 radical (unpaired) electrons. The number of aliphatic carboxylic acids is 1. The molecule has 4 nitrogen and oxygen atoms in total. The van der Waals surface area contributed by atoms with Gasteiger partial charge in [-0.3, -0.25) is 9.59 Å². The van der Waals surface area contributed by atoms with Gasteiger partial charge in [-0.1, -0.05) is 0 Å². The first-order chi connectivity index (χ1) is 7.08. The second kappa shape index (κ2) is 4.71. The van der Waals surface area contributed by atoms with Gasteiger partial charge in [-0.2, -0.15) is 5.26 Å². The van der Waals surface area contributed by atoms with Crippen LogP contribution in [0.1, 0.15) is 21.5 Å². The van der Waals surface area contributed by atoms with Crippen molar-refractivity contribution in [2.24, 2.45) is 0 Å². The molecule has 15 heavy (non-hydrogen) atoms. The van der Waals surface area contributed by atoms with Crippen LogP contribution in [0.5, 0.6) is 0 Å². The van der Waals surface area contributed by atoms with Crippen LogP contribution in [0.2, 0.25) is 0 Å². The monoisotopic (exact) mass is 267 g/mol. The number of carboxylic acids is 1. The molecular weight excluding hydrogens is 262 g/mol. The molecule has 1 N–H and O–H groups in total. The SMILES string of the molecule is N#Cc1c(Br)cc(CC(=O)O)cc1C=O. The van der Waals surface area contributed by atoms with E-state index in [2.05, 4.69) is 15.9 Å². The maximum atomic E-state index is 10.7. The minimum absolute atomic E-state index is 0.175. The first-order valence-electron chi connectivity index (χ1n) is 3.98. The van der Waals surface area contributed by atoms with E-state index in [-0.39, 0.29) is 17.5 Å². The largest absolute Gasteiger partial charge is 0.481 e. The molecule has 0 heterocycles. The number of carbonyl (C=O) groups excluding carboxylic acids is 1. The van der Waals surface area contributed by atoms with Crippen molar-refractivity contribution in [2.45, 2.75) is 6.42 Å². The van der Waals surface area contributed by atoms with Gasteiger partial charge in [-0.25, -0.2) is 0 Å². The molecule has 0 atom stereocenters. The molecular formula is C10H6BrNO3. The fourth-order valence-electron chi connectivity index (χ4n) is 1.17. The number of carboxylic acid groups (broad SMARTS) is 1. The van der Waals surface area contributed by atoms with E-state index >= 15 is 0 Å². The second-order valence-corrected chi connectivity index (χ2v) is 3.70. The molecule has 1 aromatic rings. The van der Waals surface area contributed by atoms with Gasteiger partial charge in [0.15, 0.2) is 6.29 Å². The average molecular weight is 268 g/mol. The number of aldehydes is 1. The predicted molar refractivity (Wildman–Crippen MR) is 55.6 cm³/mol. The van der Waals surface area contributed by atoms with Crippen LogP contribution in [0.25, 0.3) is 0 Å². The Labute approximate surface area is 94.3 Å². The summed E-state index contributed by atoms with van der Waals surface area (Å²) in [5.74, 6) is -0.983. The number of nitrogens with zero attached hydrogens (tertiary/aromatic N) is 1. The minimum atomic E-state index is -0.983. The van der Waals surface area contributed by atoms with E-state index in [1.165, 1.54) is 12.1 Å². The van der Waals surface area contributed by atoms with E-state index in [4.69, 9.17) is 10.4 Å². The molecule has 0 spiro atoms. The highest BCUT2D eigenvalue weighted by Crippen LogP contribution is 2.21. The van der Waals surface area contributed by atoms with Crippen molar-refractivity contribution in [3.63, 3.8) is 0 Å². The van der Waals surface area contributed by atoms with Gasteiger partial charge < -0.3 is 5.11 Å². The molecule has 0 aliphatic heterocycles. The van der Waals surface area contributed by atoms with Gasteiger partial charge >= 0.3 is 5.97 Å². The Morgan fingerprint density at radius 2 is 2.27 bits per heavy atom. The van der Waals surface area contributed by atoms with Crippen molar-refractivity contribution in [3.8, 4) is 6.07 Å². The Morgan fingerprint density at radius 3 is 2.73 bits per heavy atom. The normalized spacial score (nSPS) is 9.33. The molecule has 0 bridgehead atoms. The zero-order chi connectivity index (χ0) is 11.4. The minimum Gasteiger partial charge on any atom is -0.481 e. The molecule has 0 unspecified atom stereocenters. The molecule has 0 saturated heterocycles. The molecule has 0 aliphatic carbocycles. The number of hydrogen-bond acceptors (Lipinski definition) is 3. The van der Waals surface area contributed by atoms with Gasteiger partial charge in [0.05, 0.1) is 12.0 Å². The fourth-order valence-corrected chi connectivity index (χ4v) is 1.79. The summed E-state index contributed by atoms with van der Waals surface area (Å²) in [5.41, 5.74) is 0.901. The first kappa shape index (κ1) is 11.4. The van der Waals surface area contributed by atoms with Crippen LogP contribution in [0.4, 0.5) is 0 Å². The van der Waals surface area contributed by atoms with Gasteiger partial charge in [0.1, 0.15) is 6.07 Å². The third-order valence-electron chi connectivity index (χ3n) is 1.77. The van der Waals surface area contributed by atoms with Crippen molar-refractivity contribution >= 4 is 28.2 Å². The molecule has 0 saturated carbocycles. The lowest BCUT2D eigenvalue weighted by Crippen LogP contribution is -2.02. The summed E-state index contributed by atoms with van der Waals surface area (Å²) >= 11 is 3.11. The molecule has 0 aliphatic rings. The van der Waals surface area contributed by atoms with Crippen LogP contribution in [-0.2, 0) is 11.2 Å². The van der Waals surface area contributed by atoms with Crippen molar-refractivity contribution in [1.29, 1.82) is 5.26 Å². The van der Waals surface area contributed by atoms with E-state index in [1.54, 1.807) is 0 Å². The van der Waals surface area contributed by atoms with Gasteiger partial charge in [0, 0.05) is 10.0 Å². The standard InChI is InChI=1S/C10H6BrNO3/c11-9-2-6(3-10(14)15)1-7(5-13)8(9)4-12/h1-2,5H,3H2,(H,14,15). The van der Waals surface area contributed by atoms with Crippen LogP contribution < -0.4 is 0 Å². The van der Waals surface area contributed by atoms with Crippen molar-refractivity contribution in [1.82, 2.24) is 0 Å². The Balaban J connectivity index is 3.26. The lowest BCUT2D eigenvalue weighted by Gasteiger charge is -2.03. The maximum Gasteiger partial charge on any atom is 0.307 e. The lowest BCUT2D eigenvalue weighted by atomic mass is 10.0. The Bertz CT molecular complexity index is 462. The van der Waals surface area contributed by atoms with Crippen molar-refractivity contribution < 1.29 is 14.7 Å². The predicted octanol–water partition coefficient (Wildman–Crippen LogP) is 1.76. The van der Waals surface area contributed by atoms with E-state index in [9.17, 15) is 9.59 Å². The van der Waals surface area contributed by atoms with Gasteiger partial charge in [-0.15, -0.1) is 0 Å². The van der Waals surface area contributed by atoms with E-state index < -0.39 is 5.97 Å². The van der Waals surface area contributed by atoms with Crippen LogP contribution in [0, 0.1) is 11.3 Å². The summed E-state index contributed by atoms with van der Waals surface area (Å²) in [6, 6.07) is 4.80. The smallest absolute Gasteiger partial charge is 0.307 e. The molecule has 1 aromatic carbocycles. The fraction of sp³-hybridized carbons (Fsp3) is 0.100. The summed E-state index contributed by atoms with van der Waals surface area (Å²) in [6.07, 6.45) is 0.361. The number of carbonyl (C=O) groups is 2. The molecule has 5 heteroatoms.